The maximum Gasteiger partial charge on any atom is 0.265 e. The monoisotopic (exact) mass is 366 g/mol. The molecule has 0 aliphatic rings. The Morgan fingerprint density at radius 2 is 1.73 bits per heavy atom. The average molecular weight is 367 g/mol. The van der Waals surface area contributed by atoms with E-state index in [2.05, 4.69) is 10.6 Å². The quantitative estimate of drug-likeness (QED) is 0.750. The molecule has 2 N–H and O–H groups in total. The molecule has 0 saturated carbocycles. The van der Waals surface area contributed by atoms with Gasteiger partial charge in [-0.3, -0.25) is 4.79 Å². The first kappa shape index (κ1) is 18.9. The molecule has 0 fully saturated rings. The predicted octanol–water partition coefficient (Wildman–Crippen LogP) is 4.09. The zero-order valence-corrected chi connectivity index (χ0v) is 14.6. The molecule has 2 aromatic carbocycles. The van der Waals surface area contributed by atoms with Crippen molar-refractivity contribution in [2.24, 2.45) is 0 Å². The Kier molecular flexibility index (Phi) is 6.61. The highest BCUT2D eigenvalue weighted by Gasteiger charge is 2.16. The molecule has 2 rings (SSSR count). The fourth-order valence-corrected chi connectivity index (χ4v) is 2.10. The van der Waals surface area contributed by atoms with Crippen LogP contribution in [0.25, 0.3) is 0 Å². The topological polar surface area (TPSA) is 97.9 Å². The molecule has 130 valence electrons. The van der Waals surface area contributed by atoms with Crippen molar-refractivity contribution in [3.05, 3.63) is 65.3 Å². The molecular formula is C19H15ClN4O2. The summed E-state index contributed by atoms with van der Waals surface area (Å²) in [5.74, 6) is 0.121. The van der Waals surface area contributed by atoms with Crippen molar-refractivity contribution >= 4 is 28.9 Å². The smallest absolute Gasteiger partial charge is 0.265 e. The summed E-state index contributed by atoms with van der Waals surface area (Å²) in [4.78, 5) is 12.2. The van der Waals surface area contributed by atoms with E-state index in [0.29, 0.717) is 22.1 Å². The Morgan fingerprint density at radius 1 is 1.12 bits per heavy atom. The van der Waals surface area contributed by atoms with Gasteiger partial charge in [-0.1, -0.05) is 23.7 Å². The van der Waals surface area contributed by atoms with Crippen molar-refractivity contribution in [1.29, 1.82) is 10.5 Å². The van der Waals surface area contributed by atoms with Crippen LogP contribution in [-0.2, 0) is 4.79 Å². The summed E-state index contributed by atoms with van der Waals surface area (Å²) >= 11 is 6.01. The van der Waals surface area contributed by atoms with Crippen LogP contribution >= 0.6 is 11.6 Å². The third-order valence-electron chi connectivity index (χ3n) is 3.29. The van der Waals surface area contributed by atoms with Crippen molar-refractivity contribution in [2.45, 2.75) is 13.0 Å². The Hall–Kier alpha value is -3.48. The number of para-hydroxylation sites is 1. The molecule has 0 saturated heterocycles. The maximum atomic E-state index is 12.2. The fraction of sp³-hybridized carbons (Fsp3) is 0.105. The van der Waals surface area contributed by atoms with Crippen molar-refractivity contribution in [1.82, 2.24) is 0 Å². The van der Waals surface area contributed by atoms with E-state index in [1.807, 2.05) is 0 Å². The van der Waals surface area contributed by atoms with Crippen LogP contribution in [0.4, 0.5) is 11.4 Å². The van der Waals surface area contributed by atoms with Gasteiger partial charge in [-0.15, -0.1) is 0 Å². The number of hydrogen-bond acceptors (Lipinski definition) is 5. The van der Waals surface area contributed by atoms with E-state index in [4.69, 9.17) is 26.9 Å². The number of nitrogens with one attached hydrogen (secondary N) is 2. The Balaban J connectivity index is 1.95. The number of ether oxygens (including phenoxy) is 1. The summed E-state index contributed by atoms with van der Waals surface area (Å²) in [6.07, 6.45) is 0.581. The average Bonchev–Trinajstić information content (AvgIpc) is 2.65. The molecule has 0 heterocycles. The van der Waals surface area contributed by atoms with Gasteiger partial charge < -0.3 is 15.4 Å². The lowest BCUT2D eigenvalue weighted by Gasteiger charge is -2.15. The van der Waals surface area contributed by atoms with E-state index >= 15 is 0 Å². The third kappa shape index (κ3) is 5.27. The van der Waals surface area contributed by atoms with E-state index in [9.17, 15) is 4.79 Å². The molecule has 1 unspecified atom stereocenters. The van der Waals surface area contributed by atoms with E-state index < -0.39 is 6.10 Å². The largest absolute Gasteiger partial charge is 0.479 e. The number of rotatable bonds is 6. The number of amides is 1. The third-order valence-corrected chi connectivity index (χ3v) is 3.60. The summed E-state index contributed by atoms with van der Waals surface area (Å²) in [5.41, 5.74) is 1.22. The van der Waals surface area contributed by atoms with Crippen LogP contribution in [0.5, 0.6) is 5.75 Å². The first-order chi connectivity index (χ1) is 12.5. The highest BCUT2D eigenvalue weighted by atomic mass is 35.5. The van der Waals surface area contributed by atoms with Gasteiger partial charge in [0.2, 0.25) is 0 Å². The lowest BCUT2D eigenvalue weighted by atomic mass is 10.2. The van der Waals surface area contributed by atoms with Gasteiger partial charge >= 0.3 is 0 Å². The first-order valence-corrected chi connectivity index (χ1v) is 8.00. The van der Waals surface area contributed by atoms with Crippen LogP contribution in [0.1, 0.15) is 6.92 Å². The van der Waals surface area contributed by atoms with Gasteiger partial charge in [-0.2, -0.15) is 10.5 Å². The molecule has 2 aromatic rings. The van der Waals surface area contributed by atoms with E-state index in [0.717, 1.165) is 0 Å². The minimum Gasteiger partial charge on any atom is -0.479 e. The van der Waals surface area contributed by atoms with Gasteiger partial charge in [-0.25, -0.2) is 0 Å². The number of anilines is 2. The van der Waals surface area contributed by atoms with Crippen molar-refractivity contribution < 1.29 is 9.53 Å². The summed E-state index contributed by atoms with van der Waals surface area (Å²) < 4.78 is 5.57. The molecule has 1 amide bonds. The number of carbonyl (C=O) groups is 1. The van der Waals surface area contributed by atoms with Gasteiger partial charge in [0.05, 0.1) is 5.02 Å². The molecule has 0 aliphatic carbocycles. The fourth-order valence-electron chi connectivity index (χ4n) is 1.92. The number of benzene rings is 2. The van der Waals surface area contributed by atoms with Crippen LogP contribution in [0.15, 0.2) is 60.3 Å². The second-order valence-corrected chi connectivity index (χ2v) is 5.59. The zero-order valence-electron chi connectivity index (χ0n) is 13.9. The number of nitrogens with zero attached hydrogens (tertiary/aromatic N) is 2. The van der Waals surface area contributed by atoms with E-state index in [1.54, 1.807) is 67.6 Å². The number of carbonyl (C=O) groups excluding carboxylic acids is 1. The highest BCUT2D eigenvalue weighted by Crippen LogP contribution is 2.24. The maximum absolute atomic E-state index is 12.2. The van der Waals surface area contributed by atoms with Crippen molar-refractivity contribution in [3.63, 3.8) is 0 Å². The van der Waals surface area contributed by atoms with Gasteiger partial charge in [0.1, 0.15) is 23.5 Å². The molecule has 0 aliphatic heterocycles. The number of nitriles is 2. The first-order valence-electron chi connectivity index (χ1n) is 7.62. The van der Waals surface area contributed by atoms with E-state index in [-0.39, 0.29) is 11.5 Å². The Morgan fingerprint density at radius 3 is 2.35 bits per heavy atom. The molecule has 0 bridgehead atoms. The molecule has 1 atom stereocenters. The van der Waals surface area contributed by atoms with Crippen LogP contribution in [0.2, 0.25) is 5.02 Å². The molecule has 6 nitrogen and oxygen atoms in total. The minimum absolute atomic E-state index is 0.0343. The van der Waals surface area contributed by atoms with E-state index in [1.165, 1.54) is 6.20 Å². The normalized spacial score (nSPS) is 10.6. The lowest BCUT2D eigenvalue weighted by Crippen LogP contribution is -2.30. The van der Waals surface area contributed by atoms with Crippen LogP contribution in [0.3, 0.4) is 0 Å². The number of halogens is 1. The Labute approximate surface area is 156 Å². The zero-order chi connectivity index (χ0) is 18.9. The standard InChI is InChI=1S/C19H15ClN4O2/c1-13(26-18-5-3-2-4-17(18)20)19(25)24-16-8-6-15(7-9-16)23-12-14(10-21)11-22/h2-9,12-13,23H,1H3,(H,24,25). The second kappa shape index (κ2) is 9.12. The molecule has 0 spiro atoms. The number of hydrogen-bond donors (Lipinski definition) is 2. The summed E-state index contributed by atoms with van der Waals surface area (Å²) in [6.45, 7) is 1.63. The number of allylic oxidation sites excluding steroid dienone is 1. The molecular weight excluding hydrogens is 352 g/mol. The SMILES string of the molecule is CC(Oc1ccccc1Cl)C(=O)Nc1ccc(NC=C(C#N)C#N)cc1. The second-order valence-electron chi connectivity index (χ2n) is 5.18. The van der Waals surface area contributed by atoms with Gasteiger partial charge in [0.15, 0.2) is 6.10 Å². The van der Waals surface area contributed by atoms with Gasteiger partial charge in [0.25, 0.3) is 5.91 Å². The van der Waals surface area contributed by atoms with Crippen molar-refractivity contribution in [3.8, 4) is 17.9 Å². The van der Waals surface area contributed by atoms with Crippen LogP contribution in [0, 0.1) is 22.7 Å². The molecule has 7 heteroatoms. The Bertz CT molecular complexity index is 879. The van der Waals surface area contributed by atoms with Gasteiger partial charge in [0, 0.05) is 17.6 Å². The summed E-state index contributed by atoms with van der Waals surface area (Å²) in [6, 6.07) is 17.2. The molecule has 0 radical (unpaired) electrons. The molecule has 26 heavy (non-hydrogen) atoms. The summed E-state index contributed by atoms with van der Waals surface area (Å²) in [7, 11) is 0. The lowest BCUT2D eigenvalue weighted by molar-refractivity contribution is -0.122. The minimum atomic E-state index is -0.732. The highest BCUT2D eigenvalue weighted by molar-refractivity contribution is 6.32. The summed E-state index contributed by atoms with van der Waals surface area (Å²) in [5, 5.41) is 23.4. The van der Waals surface area contributed by atoms with Gasteiger partial charge in [-0.05, 0) is 43.3 Å². The molecule has 0 aromatic heterocycles. The predicted molar refractivity (Wildman–Crippen MR) is 99.5 cm³/mol. The van der Waals surface area contributed by atoms with Crippen LogP contribution in [-0.4, -0.2) is 12.0 Å². The van der Waals surface area contributed by atoms with Crippen LogP contribution < -0.4 is 15.4 Å². The van der Waals surface area contributed by atoms with Crippen molar-refractivity contribution in [2.75, 3.05) is 10.6 Å².